The number of non-ortho nitro benzene ring substituents is 1. The molecule has 0 aromatic heterocycles. The van der Waals surface area contributed by atoms with Crippen LogP contribution in [0.4, 0.5) is 11.4 Å². The first-order valence-corrected chi connectivity index (χ1v) is 13.7. The van der Waals surface area contributed by atoms with Crippen LogP contribution in [0.3, 0.4) is 0 Å². The minimum Gasteiger partial charge on any atom is -0.385 e. The first-order valence-electron chi connectivity index (χ1n) is 13.7. The van der Waals surface area contributed by atoms with Gasteiger partial charge in [0.2, 0.25) is 0 Å². The van der Waals surface area contributed by atoms with E-state index in [0.717, 1.165) is 18.7 Å². The summed E-state index contributed by atoms with van der Waals surface area (Å²) in [5.74, 6) is 0. The summed E-state index contributed by atoms with van der Waals surface area (Å²) < 4.78 is 0. The molecule has 0 heterocycles. The van der Waals surface area contributed by atoms with Gasteiger partial charge in [0, 0.05) is 30.4 Å². The molecule has 0 radical (unpaired) electrons. The van der Waals surface area contributed by atoms with Crippen molar-refractivity contribution in [2.75, 3.05) is 26.0 Å². The quantitative estimate of drug-likeness (QED) is 0.0634. The molecule has 0 saturated carbocycles. The van der Waals surface area contributed by atoms with Gasteiger partial charge < -0.3 is 10.2 Å². The van der Waals surface area contributed by atoms with E-state index in [2.05, 4.69) is 31.2 Å². The smallest absolute Gasteiger partial charge is 0.269 e. The van der Waals surface area contributed by atoms with Gasteiger partial charge in [0.15, 0.2) is 0 Å². The number of unbranched alkanes of at least 4 members (excludes halogenated alkanes) is 14. The Bertz CT molecular complexity index is 596. The van der Waals surface area contributed by atoms with Crippen LogP contribution in [-0.2, 0) is 0 Å². The Morgan fingerprint density at radius 1 is 0.765 bits per heavy atom. The molecule has 0 spiro atoms. The average molecular weight is 590 g/mol. The molecule has 1 aromatic carbocycles. The molecule has 1 aromatic rings. The van der Waals surface area contributed by atoms with Crippen LogP contribution in [-0.4, -0.2) is 36.5 Å². The maximum absolute atomic E-state index is 10.8. The van der Waals surface area contributed by atoms with Crippen molar-refractivity contribution in [1.29, 1.82) is 0 Å². The molecular formula is C28H52IN3O2. The van der Waals surface area contributed by atoms with Crippen molar-refractivity contribution < 1.29 is 4.92 Å². The zero-order valence-electron chi connectivity index (χ0n) is 22.2. The Labute approximate surface area is 227 Å². The first-order chi connectivity index (χ1) is 16.0. The molecule has 0 bridgehead atoms. The highest BCUT2D eigenvalue weighted by atomic mass is 127. The normalized spacial score (nSPS) is 11.9. The molecule has 0 aliphatic heterocycles. The monoisotopic (exact) mass is 589 g/mol. The number of halogens is 1. The molecule has 1 atom stereocenters. The molecule has 1 unspecified atom stereocenters. The highest BCUT2D eigenvalue weighted by Crippen LogP contribution is 2.18. The summed E-state index contributed by atoms with van der Waals surface area (Å²) in [6.07, 6.45) is 23.4. The number of nitrogens with zero attached hydrogens (tertiary/aromatic N) is 2. The second kappa shape index (κ2) is 22.6. The Morgan fingerprint density at radius 3 is 1.62 bits per heavy atom. The minimum absolute atomic E-state index is 0. The van der Waals surface area contributed by atoms with Gasteiger partial charge in [-0.2, -0.15) is 0 Å². The van der Waals surface area contributed by atoms with Crippen molar-refractivity contribution in [3.8, 4) is 0 Å². The van der Waals surface area contributed by atoms with Crippen molar-refractivity contribution in [3.63, 3.8) is 0 Å². The fraction of sp³-hybridized carbons (Fsp3) is 0.786. The van der Waals surface area contributed by atoms with Crippen molar-refractivity contribution in [1.82, 2.24) is 4.90 Å². The molecule has 1 rings (SSSR count). The molecule has 0 fully saturated rings. The topological polar surface area (TPSA) is 58.4 Å². The van der Waals surface area contributed by atoms with Gasteiger partial charge in [0.05, 0.1) is 4.92 Å². The molecule has 1 N–H and O–H groups in total. The van der Waals surface area contributed by atoms with E-state index in [0.29, 0.717) is 6.04 Å². The van der Waals surface area contributed by atoms with Crippen LogP contribution in [0, 0.1) is 10.1 Å². The lowest BCUT2D eigenvalue weighted by Crippen LogP contribution is -2.30. The average Bonchev–Trinajstić information content (AvgIpc) is 2.80. The van der Waals surface area contributed by atoms with Crippen LogP contribution in [0.2, 0.25) is 0 Å². The van der Waals surface area contributed by atoms with Gasteiger partial charge in [-0.3, -0.25) is 10.1 Å². The highest BCUT2D eigenvalue weighted by molar-refractivity contribution is 14.0. The standard InChI is InChI=1S/C28H51N3O2.HI/c1-4-5-6-7-8-9-10-11-12-13-14-15-16-17-18-19-27(30(2)3)24-25-29-26-20-22-28(23-21-26)31(32)33;/h20-23,27,29H,4-19,24-25H2,1-3H3;1H. The van der Waals surface area contributed by atoms with Crippen molar-refractivity contribution >= 4 is 35.4 Å². The summed E-state index contributed by atoms with van der Waals surface area (Å²) in [7, 11) is 4.34. The lowest BCUT2D eigenvalue weighted by Gasteiger charge is -2.24. The molecule has 198 valence electrons. The Morgan fingerprint density at radius 2 is 1.21 bits per heavy atom. The number of nitro groups is 1. The Hall–Kier alpha value is -0.890. The predicted molar refractivity (Wildman–Crippen MR) is 159 cm³/mol. The van der Waals surface area contributed by atoms with E-state index in [1.807, 2.05) is 0 Å². The lowest BCUT2D eigenvalue weighted by atomic mass is 10.0. The van der Waals surface area contributed by atoms with E-state index in [-0.39, 0.29) is 34.6 Å². The van der Waals surface area contributed by atoms with E-state index in [1.54, 1.807) is 24.3 Å². The number of anilines is 1. The van der Waals surface area contributed by atoms with Gasteiger partial charge >= 0.3 is 0 Å². The zero-order valence-corrected chi connectivity index (χ0v) is 24.6. The van der Waals surface area contributed by atoms with Gasteiger partial charge in [-0.1, -0.05) is 103 Å². The lowest BCUT2D eigenvalue weighted by molar-refractivity contribution is -0.384. The van der Waals surface area contributed by atoms with E-state index < -0.39 is 0 Å². The van der Waals surface area contributed by atoms with Gasteiger partial charge in [-0.15, -0.1) is 24.0 Å². The SMILES string of the molecule is CCCCCCCCCCCCCCCCCC(CCNc1ccc([N+](=O)[O-])cc1)N(C)C.I. The number of benzene rings is 1. The molecule has 0 aliphatic carbocycles. The second-order valence-corrected chi connectivity index (χ2v) is 9.88. The van der Waals surface area contributed by atoms with Crippen LogP contribution in [0.1, 0.15) is 116 Å². The molecule has 0 saturated heterocycles. The van der Waals surface area contributed by atoms with Gasteiger partial charge in [-0.05, 0) is 39.1 Å². The minimum atomic E-state index is -0.358. The van der Waals surface area contributed by atoms with E-state index in [4.69, 9.17) is 0 Å². The van der Waals surface area contributed by atoms with E-state index >= 15 is 0 Å². The summed E-state index contributed by atoms with van der Waals surface area (Å²) in [5, 5.41) is 14.2. The van der Waals surface area contributed by atoms with Crippen LogP contribution >= 0.6 is 24.0 Å². The van der Waals surface area contributed by atoms with Gasteiger partial charge in [0.1, 0.15) is 0 Å². The molecule has 5 nitrogen and oxygen atoms in total. The first kappa shape index (κ1) is 33.1. The number of nitrogens with one attached hydrogen (secondary N) is 1. The molecule has 34 heavy (non-hydrogen) atoms. The number of hydrogen-bond acceptors (Lipinski definition) is 4. The van der Waals surface area contributed by atoms with Gasteiger partial charge in [0.25, 0.3) is 5.69 Å². The summed E-state index contributed by atoms with van der Waals surface area (Å²) in [4.78, 5) is 12.7. The third-order valence-electron chi connectivity index (χ3n) is 6.76. The van der Waals surface area contributed by atoms with Crippen molar-refractivity contribution in [3.05, 3.63) is 34.4 Å². The summed E-state index contributed by atoms with van der Waals surface area (Å²) in [5.41, 5.74) is 1.09. The van der Waals surface area contributed by atoms with Crippen LogP contribution in [0.25, 0.3) is 0 Å². The van der Waals surface area contributed by atoms with E-state index in [9.17, 15) is 10.1 Å². The maximum atomic E-state index is 10.8. The fourth-order valence-corrected chi connectivity index (χ4v) is 4.50. The van der Waals surface area contributed by atoms with Crippen LogP contribution < -0.4 is 5.32 Å². The number of rotatable bonds is 22. The number of hydrogen-bond donors (Lipinski definition) is 1. The Kier molecular flexibility index (Phi) is 22.0. The zero-order chi connectivity index (χ0) is 24.2. The fourth-order valence-electron chi connectivity index (χ4n) is 4.50. The number of nitro benzene ring substituents is 1. The largest absolute Gasteiger partial charge is 0.385 e. The van der Waals surface area contributed by atoms with Crippen molar-refractivity contribution in [2.24, 2.45) is 0 Å². The second-order valence-electron chi connectivity index (χ2n) is 9.88. The summed E-state index contributed by atoms with van der Waals surface area (Å²) >= 11 is 0. The van der Waals surface area contributed by atoms with Crippen LogP contribution in [0.15, 0.2) is 24.3 Å². The molecule has 0 aliphatic rings. The molecular weight excluding hydrogens is 537 g/mol. The van der Waals surface area contributed by atoms with Gasteiger partial charge in [-0.25, -0.2) is 0 Å². The maximum Gasteiger partial charge on any atom is 0.269 e. The van der Waals surface area contributed by atoms with Crippen LogP contribution in [0.5, 0.6) is 0 Å². The molecule has 0 amide bonds. The summed E-state index contributed by atoms with van der Waals surface area (Å²) in [6.45, 7) is 3.17. The third kappa shape index (κ3) is 17.5. The van der Waals surface area contributed by atoms with Crippen molar-refractivity contribution in [2.45, 2.75) is 122 Å². The Balaban J connectivity index is 0.0000109. The third-order valence-corrected chi connectivity index (χ3v) is 6.76. The summed E-state index contributed by atoms with van der Waals surface area (Å²) in [6, 6.07) is 7.27. The predicted octanol–water partition coefficient (Wildman–Crippen LogP) is 9.21. The molecule has 6 heteroatoms. The van der Waals surface area contributed by atoms with E-state index in [1.165, 1.54) is 103 Å². The highest BCUT2D eigenvalue weighted by Gasteiger charge is 2.11.